The Kier molecular flexibility index (Phi) is 3.32. The molecule has 74 valence electrons. The fourth-order valence-corrected chi connectivity index (χ4v) is 2.65. The number of nitrogens with zero attached hydrogens (tertiary/aromatic N) is 1. The van der Waals surface area contributed by atoms with Crippen LogP contribution in [0, 0.1) is 11.3 Å². The van der Waals surface area contributed by atoms with E-state index in [2.05, 4.69) is 12.6 Å². The molecule has 0 unspecified atom stereocenters. The van der Waals surface area contributed by atoms with Crippen molar-refractivity contribution in [1.82, 2.24) is 0 Å². The summed E-state index contributed by atoms with van der Waals surface area (Å²) in [6, 6.07) is 4.24. The highest BCUT2D eigenvalue weighted by Crippen LogP contribution is 2.31. The lowest BCUT2D eigenvalue weighted by molar-refractivity contribution is 0.609. The van der Waals surface area contributed by atoms with E-state index in [0.717, 1.165) is 6.07 Å². The molecule has 0 saturated carbocycles. The van der Waals surface area contributed by atoms with Gasteiger partial charge in [-0.15, -0.1) is 12.6 Å². The molecule has 0 saturated heterocycles. The fraction of sp³-hybridized carbons (Fsp3) is 0. The van der Waals surface area contributed by atoms with Crippen molar-refractivity contribution in [3.8, 4) is 6.07 Å². The molecule has 1 aromatic rings. The first-order valence-corrected chi connectivity index (χ1v) is 6.37. The van der Waals surface area contributed by atoms with Gasteiger partial charge in [-0.05, 0) is 12.1 Å². The predicted molar refractivity (Wildman–Crippen MR) is 56.5 cm³/mol. The smallest absolute Gasteiger partial charge is 0.207 e. The van der Waals surface area contributed by atoms with Crippen LogP contribution in [0.25, 0.3) is 0 Å². The maximum absolute atomic E-state index is 11.0. The monoisotopic (exact) mass is 267 g/mol. The van der Waals surface area contributed by atoms with Gasteiger partial charge in [-0.3, -0.25) is 0 Å². The first-order chi connectivity index (χ1) is 6.36. The summed E-state index contributed by atoms with van der Waals surface area (Å²) in [7, 11) is 1.16. The third-order valence-corrected chi connectivity index (χ3v) is 3.76. The molecule has 3 nitrogen and oxygen atoms in total. The number of halogens is 2. The second-order valence-corrected chi connectivity index (χ2v) is 5.75. The lowest BCUT2D eigenvalue weighted by Crippen LogP contribution is -1.94. The van der Waals surface area contributed by atoms with Crippen LogP contribution >= 0.6 is 34.9 Å². The molecule has 0 amide bonds. The third kappa shape index (κ3) is 2.34. The lowest BCUT2D eigenvalue weighted by atomic mass is 10.2. The van der Waals surface area contributed by atoms with Crippen LogP contribution in [-0.2, 0) is 9.05 Å². The van der Waals surface area contributed by atoms with Crippen LogP contribution in [-0.4, -0.2) is 8.42 Å². The molecule has 0 aliphatic carbocycles. The van der Waals surface area contributed by atoms with E-state index >= 15 is 0 Å². The van der Waals surface area contributed by atoms with Gasteiger partial charge in [0.15, 0.2) is 0 Å². The van der Waals surface area contributed by atoms with Crippen LogP contribution in [0.1, 0.15) is 5.56 Å². The highest BCUT2D eigenvalue weighted by atomic mass is 35.7. The summed E-state index contributed by atoms with van der Waals surface area (Å²) in [5.41, 5.74) is 0.138. The molecule has 0 N–H and O–H groups in total. The topological polar surface area (TPSA) is 57.9 Å². The van der Waals surface area contributed by atoms with E-state index in [9.17, 15) is 8.42 Å². The number of rotatable bonds is 1. The number of nitriles is 1. The third-order valence-electron chi connectivity index (χ3n) is 1.41. The van der Waals surface area contributed by atoms with E-state index < -0.39 is 9.05 Å². The maximum Gasteiger partial charge on any atom is 0.262 e. The largest absolute Gasteiger partial charge is 0.262 e. The normalized spacial score (nSPS) is 11.0. The summed E-state index contributed by atoms with van der Waals surface area (Å²) in [5, 5.41) is 8.50. The van der Waals surface area contributed by atoms with Crippen LogP contribution in [0.15, 0.2) is 21.9 Å². The zero-order chi connectivity index (χ0) is 10.9. The minimum Gasteiger partial charge on any atom is -0.207 e. The van der Waals surface area contributed by atoms with E-state index in [1.165, 1.54) is 6.07 Å². The Hall–Kier alpha value is -0.410. The first kappa shape index (κ1) is 11.7. The molecule has 0 aromatic heterocycles. The molecule has 1 rings (SSSR count). The summed E-state index contributed by atoms with van der Waals surface area (Å²) in [5.74, 6) is 0. The van der Waals surface area contributed by atoms with E-state index in [1.807, 2.05) is 0 Å². The van der Waals surface area contributed by atoms with Gasteiger partial charge in [0.2, 0.25) is 0 Å². The molecule has 7 heteroatoms. The first-order valence-electron chi connectivity index (χ1n) is 3.23. The Bertz CT molecular complexity index is 519. The van der Waals surface area contributed by atoms with Gasteiger partial charge in [0.05, 0.1) is 16.7 Å². The molecule has 0 fully saturated rings. The second kappa shape index (κ2) is 3.99. The molecule has 0 aliphatic rings. The van der Waals surface area contributed by atoms with Crippen molar-refractivity contribution in [3.63, 3.8) is 0 Å². The molecule has 14 heavy (non-hydrogen) atoms. The van der Waals surface area contributed by atoms with E-state index in [0.29, 0.717) is 0 Å². The summed E-state index contributed by atoms with van der Waals surface area (Å²) in [6.45, 7) is 0. The molecule has 0 aliphatic heterocycles. The van der Waals surface area contributed by atoms with Crippen molar-refractivity contribution < 1.29 is 8.42 Å². The van der Waals surface area contributed by atoms with Crippen molar-refractivity contribution in [1.29, 1.82) is 5.26 Å². The van der Waals surface area contributed by atoms with Crippen LogP contribution in [0.2, 0.25) is 5.02 Å². The zero-order valence-corrected chi connectivity index (χ0v) is 9.75. The van der Waals surface area contributed by atoms with Gasteiger partial charge in [0.25, 0.3) is 9.05 Å². The molecular weight excluding hydrogens is 265 g/mol. The molecule has 1 aromatic carbocycles. The standard InChI is InChI=1S/C7H3Cl2NO2S2/c8-7-5(13)1-4(3-10)2-6(7)14(9,11)12/h1-2,13H. The van der Waals surface area contributed by atoms with E-state index in [-0.39, 0.29) is 20.4 Å². The van der Waals surface area contributed by atoms with Gasteiger partial charge < -0.3 is 0 Å². The van der Waals surface area contributed by atoms with Gasteiger partial charge in [-0.2, -0.15) is 5.26 Å². The van der Waals surface area contributed by atoms with E-state index in [1.54, 1.807) is 6.07 Å². The number of thiol groups is 1. The van der Waals surface area contributed by atoms with Crippen LogP contribution < -0.4 is 0 Å². The number of hydrogen-bond acceptors (Lipinski definition) is 4. The Morgan fingerprint density at radius 2 is 2.00 bits per heavy atom. The average molecular weight is 268 g/mol. The molecule has 0 atom stereocenters. The molecule has 0 heterocycles. The van der Waals surface area contributed by atoms with Gasteiger partial charge in [-0.1, -0.05) is 11.6 Å². The quantitative estimate of drug-likeness (QED) is 0.628. The second-order valence-electron chi connectivity index (χ2n) is 2.36. The summed E-state index contributed by atoms with van der Waals surface area (Å²) >= 11 is 9.57. The Morgan fingerprint density at radius 3 is 2.43 bits per heavy atom. The highest BCUT2D eigenvalue weighted by Gasteiger charge is 2.17. The lowest BCUT2D eigenvalue weighted by Gasteiger charge is -2.03. The van der Waals surface area contributed by atoms with E-state index in [4.69, 9.17) is 27.5 Å². The van der Waals surface area contributed by atoms with Gasteiger partial charge in [0.1, 0.15) is 4.90 Å². The van der Waals surface area contributed by atoms with Gasteiger partial charge >= 0.3 is 0 Å². The Balaban J connectivity index is 3.61. The fourth-order valence-electron chi connectivity index (χ4n) is 0.825. The van der Waals surface area contributed by atoms with Gasteiger partial charge in [-0.25, -0.2) is 8.42 Å². The van der Waals surface area contributed by atoms with Crippen molar-refractivity contribution >= 4 is 44.0 Å². The van der Waals surface area contributed by atoms with Crippen molar-refractivity contribution in [2.45, 2.75) is 9.79 Å². The molecule has 0 bridgehead atoms. The maximum atomic E-state index is 11.0. The molecular formula is C7H3Cl2NO2S2. The van der Waals surface area contributed by atoms with Crippen molar-refractivity contribution in [3.05, 3.63) is 22.7 Å². The molecule has 0 spiro atoms. The summed E-state index contributed by atoms with van der Waals surface area (Å²) in [4.78, 5) is -0.102. The zero-order valence-electron chi connectivity index (χ0n) is 6.53. The number of benzene rings is 1. The minimum absolute atomic E-state index is 0.0812. The van der Waals surface area contributed by atoms with Crippen LogP contribution in [0.3, 0.4) is 0 Å². The Labute approximate surface area is 96.1 Å². The van der Waals surface area contributed by atoms with Crippen LogP contribution in [0.5, 0.6) is 0 Å². The SMILES string of the molecule is N#Cc1cc(S)c(Cl)c(S(=O)(=O)Cl)c1. The Morgan fingerprint density at radius 1 is 1.43 bits per heavy atom. The van der Waals surface area contributed by atoms with Crippen molar-refractivity contribution in [2.75, 3.05) is 0 Å². The van der Waals surface area contributed by atoms with Crippen LogP contribution in [0.4, 0.5) is 0 Å². The predicted octanol–water partition coefficient (Wildman–Crippen LogP) is 2.43. The highest BCUT2D eigenvalue weighted by molar-refractivity contribution is 8.13. The summed E-state index contributed by atoms with van der Waals surface area (Å²) in [6.07, 6.45) is 0. The van der Waals surface area contributed by atoms with Gasteiger partial charge in [0, 0.05) is 15.6 Å². The minimum atomic E-state index is -3.95. The average Bonchev–Trinajstić information content (AvgIpc) is 2.07. The van der Waals surface area contributed by atoms with Crippen molar-refractivity contribution in [2.24, 2.45) is 0 Å². The molecule has 0 radical (unpaired) electrons. The number of hydrogen-bond donors (Lipinski definition) is 1. The summed E-state index contributed by atoms with van der Waals surface area (Å²) < 4.78 is 22.0.